The molecular weight excluding hydrogens is 267 g/mol. The normalized spacial score (nSPS) is 10.3. The first kappa shape index (κ1) is 13.3. The van der Waals surface area contributed by atoms with Gasteiger partial charge in [-0.2, -0.15) is 0 Å². The molecule has 0 bridgehead atoms. The molecule has 4 N–H and O–H groups in total. The summed E-state index contributed by atoms with van der Waals surface area (Å²) in [6, 6.07) is 4.58. The summed E-state index contributed by atoms with van der Waals surface area (Å²) in [5.41, 5.74) is 6.54. The second-order valence-electron chi connectivity index (χ2n) is 3.92. The van der Waals surface area contributed by atoms with Crippen LogP contribution in [-0.2, 0) is 0 Å². The molecule has 0 aliphatic carbocycles. The predicted octanol–water partition coefficient (Wildman–Crippen LogP) is 2.47. The second kappa shape index (κ2) is 5.23. The standard InChI is InChI=1S/C12H13FN4OS/c1-6-3-4-8(7(13)5-6)16-11(18)9-10(14)17-12(15-2)19-9/h3-5H,14H2,1-2H3,(H,15,17)(H,16,18). The van der Waals surface area contributed by atoms with E-state index in [4.69, 9.17) is 5.73 Å². The molecule has 1 heterocycles. The van der Waals surface area contributed by atoms with Gasteiger partial charge >= 0.3 is 0 Å². The first-order valence-corrected chi connectivity index (χ1v) is 6.34. The van der Waals surface area contributed by atoms with Gasteiger partial charge in [0.2, 0.25) is 0 Å². The van der Waals surface area contributed by atoms with Crippen molar-refractivity contribution in [3.05, 3.63) is 34.5 Å². The highest BCUT2D eigenvalue weighted by Gasteiger charge is 2.17. The third-order valence-corrected chi connectivity index (χ3v) is 3.53. The number of nitrogen functional groups attached to an aromatic ring is 1. The number of halogens is 1. The Hall–Kier alpha value is -2.15. The van der Waals surface area contributed by atoms with Crippen molar-refractivity contribution in [1.82, 2.24) is 4.98 Å². The van der Waals surface area contributed by atoms with Gasteiger partial charge in [0.1, 0.15) is 16.5 Å². The van der Waals surface area contributed by atoms with Crippen LogP contribution < -0.4 is 16.4 Å². The number of nitrogens with one attached hydrogen (secondary N) is 2. The lowest BCUT2D eigenvalue weighted by Gasteiger charge is -2.05. The largest absolute Gasteiger partial charge is 0.382 e. The molecule has 0 spiro atoms. The third-order valence-electron chi connectivity index (χ3n) is 2.45. The van der Waals surface area contributed by atoms with Gasteiger partial charge in [-0.3, -0.25) is 4.79 Å². The number of nitrogens with two attached hydrogens (primary N) is 1. The summed E-state index contributed by atoms with van der Waals surface area (Å²) in [7, 11) is 1.68. The number of carbonyl (C=O) groups excluding carboxylic acids is 1. The average Bonchev–Trinajstić information content (AvgIpc) is 2.74. The van der Waals surface area contributed by atoms with Crippen LogP contribution in [0.4, 0.5) is 21.0 Å². The summed E-state index contributed by atoms with van der Waals surface area (Å²) in [6.45, 7) is 1.77. The van der Waals surface area contributed by atoms with E-state index in [1.807, 2.05) is 0 Å². The molecule has 1 aromatic carbocycles. The van der Waals surface area contributed by atoms with Crippen molar-refractivity contribution >= 4 is 33.9 Å². The van der Waals surface area contributed by atoms with Crippen molar-refractivity contribution in [2.75, 3.05) is 23.4 Å². The highest BCUT2D eigenvalue weighted by molar-refractivity contribution is 7.18. The molecule has 1 amide bonds. The maximum absolute atomic E-state index is 13.6. The average molecular weight is 280 g/mol. The number of nitrogens with zero attached hydrogens (tertiary/aromatic N) is 1. The molecule has 0 saturated carbocycles. The number of aryl methyl sites for hydroxylation is 1. The Morgan fingerprint density at radius 2 is 2.21 bits per heavy atom. The Morgan fingerprint density at radius 3 is 2.79 bits per heavy atom. The molecule has 7 heteroatoms. The topological polar surface area (TPSA) is 80.0 Å². The molecule has 100 valence electrons. The van der Waals surface area contributed by atoms with Crippen LogP contribution in [0.2, 0.25) is 0 Å². The van der Waals surface area contributed by atoms with Crippen molar-refractivity contribution in [3.8, 4) is 0 Å². The summed E-state index contributed by atoms with van der Waals surface area (Å²) >= 11 is 1.11. The van der Waals surface area contributed by atoms with Crippen molar-refractivity contribution in [3.63, 3.8) is 0 Å². The molecule has 5 nitrogen and oxygen atoms in total. The van der Waals surface area contributed by atoms with Gasteiger partial charge in [0.25, 0.3) is 5.91 Å². The number of thiazole rings is 1. The lowest BCUT2D eigenvalue weighted by Crippen LogP contribution is -2.13. The van der Waals surface area contributed by atoms with Gasteiger partial charge < -0.3 is 16.4 Å². The number of benzene rings is 1. The molecule has 0 unspecified atom stereocenters. The minimum absolute atomic E-state index is 0.120. The Bertz CT molecular complexity index is 626. The van der Waals surface area contributed by atoms with E-state index in [1.54, 1.807) is 20.0 Å². The molecule has 2 rings (SSSR count). The SMILES string of the molecule is CNc1nc(N)c(C(=O)Nc2ccc(C)cc2F)s1. The van der Waals surface area contributed by atoms with E-state index < -0.39 is 11.7 Å². The number of amides is 1. The summed E-state index contributed by atoms with van der Waals surface area (Å²) in [5, 5.41) is 5.81. The fourth-order valence-electron chi connectivity index (χ4n) is 1.50. The zero-order valence-electron chi connectivity index (χ0n) is 10.5. The fraction of sp³-hybridized carbons (Fsp3) is 0.167. The first-order chi connectivity index (χ1) is 9.01. The molecule has 0 radical (unpaired) electrons. The summed E-state index contributed by atoms with van der Waals surface area (Å²) in [6.07, 6.45) is 0. The maximum atomic E-state index is 13.6. The minimum atomic E-state index is -0.481. The number of rotatable bonds is 3. The molecule has 0 atom stereocenters. The number of aromatic nitrogens is 1. The van der Waals surface area contributed by atoms with E-state index in [2.05, 4.69) is 15.6 Å². The molecule has 19 heavy (non-hydrogen) atoms. The number of anilines is 3. The Balaban J connectivity index is 2.23. The van der Waals surface area contributed by atoms with Crippen LogP contribution in [0.25, 0.3) is 0 Å². The van der Waals surface area contributed by atoms with E-state index in [1.165, 1.54) is 12.1 Å². The van der Waals surface area contributed by atoms with Crippen LogP contribution in [-0.4, -0.2) is 17.9 Å². The zero-order chi connectivity index (χ0) is 14.0. The van der Waals surface area contributed by atoms with E-state index in [0.29, 0.717) is 5.13 Å². The van der Waals surface area contributed by atoms with Crippen LogP contribution >= 0.6 is 11.3 Å². The van der Waals surface area contributed by atoms with Gasteiger partial charge in [0.15, 0.2) is 5.13 Å². The van der Waals surface area contributed by atoms with Gasteiger partial charge in [-0.1, -0.05) is 17.4 Å². The number of carbonyl (C=O) groups is 1. The maximum Gasteiger partial charge on any atom is 0.269 e. The van der Waals surface area contributed by atoms with Crippen LogP contribution in [0.3, 0.4) is 0 Å². The summed E-state index contributed by atoms with van der Waals surface area (Å²) < 4.78 is 13.6. The van der Waals surface area contributed by atoms with Crippen molar-refractivity contribution < 1.29 is 9.18 Å². The van der Waals surface area contributed by atoms with Crippen molar-refractivity contribution in [2.45, 2.75) is 6.92 Å². The second-order valence-corrected chi connectivity index (χ2v) is 4.92. The van der Waals surface area contributed by atoms with E-state index in [-0.39, 0.29) is 16.4 Å². The van der Waals surface area contributed by atoms with Crippen molar-refractivity contribution in [1.29, 1.82) is 0 Å². The Kier molecular flexibility index (Phi) is 3.66. The van der Waals surface area contributed by atoms with Crippen LogP contribution in [0.5, 0.6) is 0 Å². The minimum Gasteiger partial charge on any atom is -0.382 e. The fourth-order valence-corrected chi connectivity index (χ4v) is 2.24. The Morgan fingerprint density at radius 1 is 1.47 bits per heavy atom. The molecule has 1 aromatic heterocycles. The number of hydrogen-bond donors (Lipinski definition) is 3. The molecule has 0 aliphatic heterocycles. The van der Waals surface area contributed by atoms with Gasteiger partial charge in [-0.15, -0.1) is 0 Å². The third kappa shape index (κ3) is 2.82. The summed E-state index contributed by atoms with van der Waals surface area (Å²) in [5.74, 6) is -0.830. The smallest absolute Gasteiger partial charge is 0.269 e. The van der Waals surface area contributed by atoms with Gasteiger partial charge in [-0.05, 0) is 24.6 Å². The number of hydrogen-bond acceptors (Lipinski definition) is 5. The van der Waals surface area contributed by atoms with Gasteiger partial charge in [0.05, 0.1) is 5.69 Å². The van der Waals surface area contributed by atoms with E-state index >= 15 is 0 Å². The van der Waals surface area contributed by atoms with Crippen molar-refractivity contribution in [2.24, 2.45) is 0 Å². The van der Waals surface area contributed by atoms with Gasteiger partial charge in [-0.25, -0.2) is 9.37 Å². The molecule has 0 saturated heterocycles. The molecule has 0 aliphatic rings. The monoisotopic (exact) mass is 280 g/mol. The van der Waals surface area contributed by atoms with Crippen LogP contribution in [0.1, 0.15) is 15.2 Å². The zero-order valence-corrected chi connectivity index (χ0v) is 11.3. The van der Waals surface area contributed by atoms with Gasteiger partial charge in [0, 0.05) is 7.05 Å². The highest BCUT2D eigenvalue weighted by Crippen LogP contribution is 2.26. The highest BCUT2D eigenvalue weighted by atomic mass is 32.1. The van der Waals surface area contributed by atoms with Crippen LogP contribution in [0.15, 0.2) is 18.2 Å². The van der Waals surface area contributed by atoms with E-state index in [0.717, 1.165) is 16.9 Å². The molecule has 0 fully saturated rings. The van der Waals surface area contributed by atoms with E-state index in [9.17, 15) is 9.18 Å². The summed E-state index contributed by atoms with van der Waals surface area (Å²) in [4.78, 5) is 16.2. The first-order valence-electron chi connectivity index (χ1n) is 5.53. The Labute approximate surface area is 113 Å². The lowest BCUT2D eigenvalue weighted by atomic mass is 10.2. The van der Waals surface area contributed by atoms with Crippen LogP contribution in [0, 0.1) is 12.7 Å². The lowest BCUT2D eigenvalue weighted by molar-refractivity contribution is 0.103. The quantitative estimate of drug-likeness (QED) is 0.807. The molecule has 2 aromatic rings. The predicted molar refractivity (Wildman–Crippen MR) is 75.2 cm³/mol. The molecular formula is C12H13FN4OS.